The first-order valence-electron chi connectivity index (χ1n) is 6.78. The van der Waals surface area contributed by atoms with Gasteiger partial charge in [-0.3, -0.25) is 4.79 Å². The maximum atomic E-state index is 12.7. The lowest BCUT2D eigenvalue weighted by Crippen LogP contribution is -2.07. The lowest BCUT2D eigenvalue weighted by molar-refractivity contribution is 0.101. The van der Waals surface area contributed by atoms with Gasteiger partial charge in [-0.25, -0.2) is 4.39 Å². The zero-order valence-electron chi connectivity index (χ0n) is 11.8. The summed E-state index contributed by atoms with van der Waals surface area (Å²) in [6.07, 6.45) is 0.670. The summed E-state index contributed by atoms with van der Waals surface area (Å²) in [6, 6.07) is 13.0. The summed E-state index contributed by atoms with van der Waals surface area (Å²) in [5.74, 6) is 0.909. The number of benzene rings is 2. The summed E-state index contributed by atoms with van der Waals surface area (Å²) in [5.41, 5.74) is 0.581. The van der Waals surface area contributed by atoms with Crippen molar-refractivity contribution in [2.75, 3.05) is 13.2 Å². The fourth-order valence-corrected chi connectivity index (χ4v) is 1.85. The van der Waals surface area contributed by atoms with E-state index in [0.717, 1.165) is 0 Å². The molecule has 2 aromatic rings. The molecule has 0 bridgehead atoms. The van der Waals surface area contributed by atoms with Crippen LogP contribution in [0.4, 0.5) is 4.39 Å². The Hall–Kier alpha value is -2.36. The van der Waals surface area contributed by atoms with Crippen molar-refractivity contribution < 1.29 is 18.7 Å². The first-order chi connectivity index (χ1) is 10.2. The van der Waals surface area contributed by atoms with E-state index in [-0.39, 0.29) is 11.6 Å². The molecular weight excluding hydrogens is 271 g/mol. The molecule has 4 heteroatoms. The number of rotatable bonds is 7. The zero-order chi connectivity index (χ0) is 15.1. The van der Waals surface area contributed by atoms with Crippen molar-refractivity contribution in [3.05, 3.63) is 59.9 Å². The van der Waals surface area contributed by atoms with Crippen molar-refractivity contribution in [2.45, 2.75) is 13.3 Å². The number of Topliss-reactive ketones (excluding diaryl/α,β-unsaturated/α-hetero) is 1. The highest BCUT2D eigenvalue weighted by Crippen LogP contribution is 2.18. The molecule has 0 aliphatic carbocycles. The van der Waals surface area contributed by atoms with Crippen LogP contribution >= 0.6 is 0 Å². The molecule has 0 spiro atoms. The number of ether oxygens (including phenoxy) is 2. The topological polar surface area (TPSA) is 35.5 Å². The van der Waals surface area contributed by atoms with Crippen LogP contribution in [0.15, 0.2) is 48.5 Å². The fourth-order valence-electron chi connectivity index (χ4n) is 1.85. The van der Waals surface area contributed by atoms with Crippen molar-refractivity contribution in [1.82, 2.24) is 0 Å². The van der Waals surface area contributed by atoms with Crippen LogP contribution in [0.5, 0.6) is 11.5 Å². The average molecular weight is 288 g/mol. The Labute approximate surface area is 123 Å². The van der Waals surface area contributed by atoms with Crippen molar-refractivity contribution in [3.8, 4) is 11.5 Å². The van der Waals surface area contributed by atoms with Gasteiger partial charge in [0.15, 0.2) is 5.78 Å². The Kier molecular flexibility index (Phi) is 5.32. The summed E-state index contributed by atoms with van der Waals surface area (Å²) in [4.78, 5) is 11.4. The SMILES string of the molecule is CC(=O)c1ccccc1OCCCOc1ccc(F)cc1. The first kappa shape index (κ1) is 15.0. The minimum atomic E-state index is -0.286. The maximum absolute atomic E-state index is 12.7. The van der Waals surface area contributed by atoms with Gasteiger partial charge in [-0.1, -0.05) is 12.1 Å². The van der Waals surface area contributed by atoms with Crippen LogP contribution in [0.3, 0.4) is 0 Å². The van der Waals surface area contributed by atoms with E-state index in [9.17, 15) is 9.18 Å². The van der Waals surface area contributed by atoms with Gasteiger partial charge in [0, 0.05) is 6.42 Å². The van der Waals surface area contributed by atoms with Gasteiger partial charge in [0.2, 0.25) is 0 Å². The van der Waals surface area contributed by atoms with Crippen LogP contribution in [0, 0.1) is 5.82 Å². The van der Waals surface area contributed by atoms with E-state index in [1.54, 1.807) is 30.3 Å². The molecule has 0 amide bonds. The Morgan fingerprint density at radius 2 is 1.67 bits per heavy atom. The van der Waals surface area contributed by atoms with Crippen LogP contribution in [0.2, 0.25) is 0 Å². The van der Waals surface area contributed by atoms with E-state index in [1.807, 2.05) is 6.07 Å². The van der Waals surface area contributed by atoms with Crippen molar-refractivity contribution in [2.24, 2.45) is 0 Å². The quantitative estimate of drug-likeness (QED) is 0.573. The lowest BCUT2D eigenvalue weighted by atomic mass is 10.1. The molecule has 0 aromatic heterocycles. The molecular formula is C17H17FO3. The summed E-state index contributed by atoms with van der Waals surface area (Å²) in [7, 11) is 0. The Morgan fingerprint density at radius 3 is 2.38 bits per heavy atom. The zero-order valence-corrected chi connectivity index (χ0v) is 11.8. The molecule has 0 saturated carbocycles. The second-order valence-corrected chi connectivity index (χ2v) is 4.56. The summed E-state index contributed by atoms with van der Waals surface area (Å²) in [6.45, 7) is 2.43. The van der Waals surface area contributed by atoms with E-state index in [2.05, 4.69) is 0 Å². The molecule has 2 aromatic carbocycles. The van der Waals surface area contributed by atoms with Crippen LogP contribution in [0.25, 0.3) is 0 Å². The second-order valence-electron chi connectivity index (χ2n) is 4.56. The Morgan fingerprint density at radius 1 is 1.00 bits per heavy atom. The molecule has 110 valence electrons. The molecule has 0 atom stereocenters. The molecule has 0 heterocycles. The van der Waals surface area contributed by atoms with E-state index >= 15 is 0 Å². The molecule has 21 heavy (non-hydrogen) atoms. The predicted octanol–water partition coefficient (Wildman–Crippen LogP) is 3.88. The predicted molar refractivity (Wildman–Crippen MR) is 78.5 cm³/mol. The van der Waals surface area contributed by atoms with E-state index in [1.165, 1.54) is 19.1 Å². The Bertz CT molecular complexity index is 593. The molecule has 0 radical (unpaired) electrons. The van der Waals surface area contributed by atoms with Gasteiger partial charge in [0.25, 0.3) is 0 Å². The van der Waals surface area contributed by atoms with Crippen LogP contribution in [0.1, 0.15) is 23.7 Å². The highest BCUT2D eigenvalue weighted by atomic mass is 19.1. The third-order valence-electron chi connectivity index (χ3n) is 2.89. The third kappa shape index (κ3) is 4.60. The van der Waals surface area contributed by atoms with E-state index in [0.29, 0.717) is 36.7 Å². The fraction of sp³-hybridized carbons (Fsp3) is 0.235. The van der Waals surface area contributed by atoms with Crippen LogP contribution in [-0.2, 0) is 0 Å². The van der Waals surface area contributed by atoms with E-state index in [4.69, 9.17) is 9.47 Å². The Balaban J connectivity index is 1.75. The number of para-hydroxylation sites is 1. The second kappa shape index (κ2) is 7.43. The lowest BCUT2D eigenvalue weighted by Gasteiger charge is -2.10. The number of halogens is 1. The molecule has 2 rings (SSSR count). The molecule has 0 unspecified atom stereocenters. The third-order valence-corrected chi connectivity index (χ3v) is 2.89. The van der Waals surface area contributed by atoms with Gasteiger partial charge >= 0.3 is 0 Å². The van der Waals surface area contributed by atoms with E-state index < -0.39 is 0 Å². The minimum absolute atomic E-state index is 0.0202. The molecule has 0 aliphatic heterocycles. The standard InChI is InChI=1S/C17H17FO3/c1-13(19)16-5-2-3-6-17(16)21-12-4-11-20-15-9-7-14(18)8-10-15/h2-3,5-10H,4,11-12H2,1H3. The van der Waals surface area contributed by atoms with Crippen molar-refractivity contribution in [1.29, 1.82) is 0 Å². The normalized spacial score (nSPS) is 10.2. The van der Waals surface area contributed by atoms with Gasteiger partial charge in [-0.05, 0) is 43.3 Å². The largest absolute Gasteiger partial charge is 0.493 e. The number of carbonyl (C=O) groups is 1. The summed E-state index contributed by atoms with van der Waals surface area (Å²) in [5, 5.41) is 0. The molecule has 0 saturated heterocycles. The average Bonchev–Trinajstić information content (AvgIpc) is 2.49. The van der Waals surface area contributed by atoms with Crippen molar-refractivity contribution >= 4 is 5.78 Å². The van der Waals surface area contributed by atoms with Gasteiger partial charge in [-0.2, -0.15) is 0 Å². The van der Waals surface area contributed by atoms with Gasteiger partial charge < -0.3 is 9.47 Å². The maximum Gasteiger partial charge on any atom is 0.163 e. The molecule has 3 nitrogen and oxygen atoms in total. The first-order valence-corrected chi connectivity index (χ1v) is 6.78. The molecule has 0 aliphatic rings. The number of hydrogen-bond donors (Lipinski definition) is 0. The number of ketones is 1. The summed E-state index contributed by atoms with van der Waals surface area (Å²) < 4.78 is 23.8. The highest BCUT2D eigenvalue weighted by molar-refractivity contribution is 5.96. The highest BCUT2D eigenvalue weighted by Gasteiger charge is 2.06. The van der Waals surface area contributed by atoms with Gasteiger partial charge in [0.05, 0.1) is 18.8 Å². The van der Waals surface area contributed by atoms with Crippen LogP contribution in [-0.4, -0.2) is 19.0 Å². The van der Waals surface area contributed by atoms with Gasteiger partial charge in [0.1, 0.15) is 17.3 Å². The molecule has 0 N–H and O–H groups in total. The number of hydrogen-bond acceptors (Lipinski definition) is 3. The summed E-state index contributed by atoms with van der Waals surface area (Å²) >= 11 is 0. The van der Waals surface area contributed by atoms with Crippen LogP contribution < -0.4 is 9.47 Å². The number of carbonyl (C=O) groups excluding carboxylic acids is 1. The van der Waals surface area contributed by atoms with Gasteiger partial charge in [-0.15, -0.1) is 0 Å². The van der Waals surface area contributed by atoms with Crippen molar-refractivity contribution in [3.63, 3.8) is 0 Å². The smallest absolute Gasteiger partial charge is 0.163 e. The minimum Gasteiger partial charge on any atom is -0.493 e. The monoisotopic (exact) mass is 288 g/mol. The molecule has 0 fully saturated rings.